The molecule has 0 aliphatic rings. The molecule has 0 unspecified atom stereocenters. The summed E-state index contributed by atoms with van der Waals surface area (Å²) in [5.41, 5.74) is 1.02. The summed E-state index contributed by atoms with van der Waals surface area (Å²) < 4.78 is 1.15. The molecule has 0 amide bonds. The van der Waals surface area contributed by atoms with Crippen molar-refractivity contribution < 1.29 is 29.6 Å². The predicted molar refractivity (Wildman–Crippen MR) is 68.7 cm³/mol. The van der Waals surface area contributed by atoms with Gasteiger partial charge < -0.3 is 11.8 Å². The smallest absolute Gasteiger partial charge is 0.512 e. The van der Waals surface area contributed by atoms with E-state index in [9.17, 15) is 0 Å². The molecule has 4 nitrogen and oxygen atoms in total. The van der Waals surface area contributed by atoms with Crippen molar-refractivity contribution in [3.8, 4) is 6.07 Å². The fourth-order valence-corrected chi connectivity index (χ4v) is 4.29. The summed E-state index contributed by atoms with van der Waals surface area (Å²) in [6.07, 6.45) is 1.99. The summed E-state index contributed by atoms with van der Waals surface area (Å²) in [6, 6.07) is 4.15. The van der Waals surface area contributed by atoms with Gasteiger partial charge in [0.15, 0.2) is 0 Å². The maximum absolute atomic E-state index is 8.87. The third kappa shape index (κ3) is 6.70. The van der Waals surface area contributed by atoms with Crippen LogP contribution in [0.15, 0.2) is 6.07 Å². The topological polar surface area (TPSA) is 73.4 Å². The number of nitrogens with zero attached hydrogens (tertiary/aromatic N) is 4. The van der Waals surface area contributed by atoms with Crippen molar-refractivity contribution in [2.45, 2.75) is 34.6 Å². The largest absolute Gasteiger partial charge is 1.00 e. The zero-order valence-electron chi connectivity index (χ0n) is 11.8. The molecule has 90 valence electrons. The Balaban J connectivity index is 0. The third-order valence-corrected chi connectivity index (χ3v) is 7.27. The van der Waals surface area contributed by atoms with E-state index < -0.39 is 18.4 Å². The van der Waals surface area contributed by atoms with Gasteiger partial charge in [0.1, 0.15) is 0 Å². The molecule has 0 saturated carbocycles. The number of aromatic nitrogens is 2. The Morgan fingerprint density at radius 3 is 2.22 bits per heavy atom. The summed E-state index contributed by atoms with van der Waals surface area (Å²) in [5, 5.41) is 15.1. The van der Waals surface area contributed by atoms with E-state index in [0.717, 1.165) is 22.2 Å². The molecule has 1 aromatic heterocycles. The quantitative estimate of drug-likeness (QED) is 0.510. The summed E-state index contributed by atoms with van der Waals surface area (Å²) in [7, 11) is 0. The zero-order valence-corrected chi connectivity index (χ0v) is 16.6. The Kier molecular flexibility index (Phi) is 10.9. The van der Waals surface area contributed by atoms with Gasteiger partial charge in [-0.05, 0) is 0 Å². The molecule has 0 spiro atoms. The Morgan fingerprint density at radius 1 is 1.28 bits per heavy atom. The number of hydrogen-bond acceptors (Lipinski definition) is 4. The molecule has 0 aromatic carbocycles. The first-order chi connectivity index (χ1) is 7.97. The molecule has 6 heteroatoms. The Hall–Kier alpha value is -0.141. The molecule has 0 atom stereocenters. The van der Waals surface area contributed by atoms with E-state index in [4.69, 9.17) is 17.1 Å². The standard InChI is InChI=1S/C8H8N3.CN.3CH3.Na.Sn/c1-2-3-7-4-5-10-8(6-9)11-7;1-2;;;;;/h4H,2-3H2,1H3;;3*1H3;;/q;-1;;;;+1;. The number of aryl methyl sites for hydroxylation is 1. The van der Waals surface area contributed by atoms with Crippen molar-refractivity contribution in [3.05, 3.63) is 24.2 Å². The molecule has 1 rings (SSSR count). The maximum atomic E-state index is 8.87. The van der Waals surface area contributed by atoms with Crippen LogP contribution in [0.3, 0.4) is 0 Å². The van der Waals surface area contributed by atoms with Crippen LogP contribution in [-0.4, -0.2) is 28.3 Å². The van der Waals surface area contributed by atoms with Gasteiger partial charge >= 0.3 is 125 Å². The molecule has 0 N–H and O–H groups in total. The van der Waals surface area contributed by atoms with Gasteiger partial charge in [-0.15, -0.1) is 0 Å². The first-order valence-electron chi connectivity index (χ1n) is 5.48. The van der Waals surface area contributed by atoms with Gasteiger partial charge in [-0.3, -0.25) is 0 Å². The minimum absolute atomic E-state index is 0. The number of hydrogen-bond donors (Lipinski definition) is 0. The summed E-state index contributed by atoms with van der Waals surface area (Å²) in [4.78, 5) is 15.4. The van der Waals surface area contributed by atoms with Gasteiger partial charge in [-0.25, -0.2) is 0 Å². The van der Waals surface area contributed by atoms with Crippen molar-refractivity contribution in [2.24, 2.45) is 0 Å². The Morgan fingerprint density at radius 2 is 1.83 bits per heavy atom. The van der Waals surface area contributed by atoms with Crippen LogP contribution in [0.1, 0.15) is 24.9 Å². The third-order valence-electron chi connectivity index (χ3n) is 2.15. The van der Waals surface area contributed by atoms with Crippen molar-refractivity contribution in [3.63, 3.8) is 0 Å². The molecule has 1 aromatic rings. The Bertz CT molecular complexity index is 432. The van der Waals surface area contributed by atoms with E-state index in [0.29, 0.717) is 5.82 Å². The van der Waals surface area contributed by atoms with Gasteiger partial charge in [0, 0.05) is 0 Å². The maximum Gasteiger partial charge on any atom is 1.00 e. The van der Waals surface area contributed by atoms with Crippen LogP contribution in [0, 0.1) is 23.2 Å². The normalized spacial score (nSPS) is 9.39. The fraction of sp³-hybridized carbons (Fsp3) is 0.500. The van der Waals surface area contributed by atoms with E-state index in [1.54, 1.807) is 0 Å². The van der Waals surface area contributed by atoms with Crippen molar-refractivity contribution in [1.82, 2.24) is 9.97 Å². The predicted octanol–water partition coefficient (Wildman–Crippen LogP) is -1.05. The van der Waals surface area contributed by atoms with E-state index in [2.05, 4.69) is 37.8 Å². The SMILES string of the molecule is CCCc1c[c]([Sn]([CH3])([CH3])[CH3])nc(C#N)n1.[C-]#N.[Na+]. The van der Waals surface area contributed by atoms with Crippen LogP contribution in [0.2, 0.25) is 14.8 Å². The minimum Gasteiger partial charge on any atom is -0.512 e. The van der Waals surface area contributed by atoms with Gasteiger partial charge in [0.05, 0.1) is 0 Å². The van der Waals surface area contributed by atoms with Gasteiger partial charge in [0.25, 0.3) is 0 Å². The molecular weight excluding hydrogens is 342 g/mol. The van der Waals surface area contributed by atoms with Crippen molar-refractivity contribution >= 4 is 22.1 Å². The van der Waals surface area contributed by atoms with Crippen LogP contribution in [0.25, 0.3) is 0 Å². The molecule has 0 radical (unpaired) electrons. The van der Waals surface area contributed by atoms with E-state index in [1.807, 2.05) is 6.07 Å². The molecule has 0 aliphatic carbocycles. The van der Waals surface area contributed by atoms with Crippen LogP contribution in [0.5, 0.6) is 0 Å². The van der Waals surface area contributed by atoms with Gasteiger partial charge in [-0.1, -0.05) is 0 Å². The summed E-state index contributed by atoms with van der Waals surface area (Å²) in [6.45, 7) is 6.87. The van der Waals surface area contributed by atoms with Crippen LogP contribution in [-0.2, 0) is 6.42 Å². The van der Waals surface area contributed by atoms with Crippen LogP contribution in [0.4, 0.5) is 0 Å². The number of nitriles is 1. The molecule has 1 heterocycles. The molecular formula is C12H17N4NaSn. The van der Waals surface area contributed by atoms with Crippen LogP contribution < -0.4 is 33.3 Å². The van der Waals surface area contributed by atoms with Crippen LogP contribution >= 0.6 is 0 Å². The van der Waals surface area contributed by atoms with E-state index in [-0.39, 0.29) is 29.6 Å². The van der Waals surface area contributed by atoms with E-state index in [1.165, 1.54) is 0 Å². The first-order valence-corrected chi connectivity index (χ1v) is 15.5. The van der Waals surface area contributed by atoms with Crippen molar-refractivity contribution in [1.29, 1.82) is 10.5 Å². The zero-order chi connectivity index (χ0) is 13.5. The molecule has 0 fully saturated rings. The molecule has 0 saturated heterocycles. The summed E-state index contributed by atoms with van der Waals surface area (Å²) >= 11 is -2.17. The molecule has 0 bridgehead atoms. The molecule has 0 aliphatic heterocycles. The van der Waals surface area contributed by atoms with E-state index >= 15 is 0 Å². The number of rotatable bonds is 3. The second kappa shape index (κ2) is 9.75. The summed E-state index contributed by atoms with van der Waals surface area (Å²) in [5.74, 6) is 0.336. The van der Waals surface area contributed by atoms with Crippen molar-refractivity contribution in [2.75, 3.05) is 0 Å². The monoisotopic (exact) mass is 360 g/mol. The fourth-order valence-electron chi connectivity index (χ4n) is 1.32. The van der Waals surface area contributed by atoms with Gasteiger partial charge in [-0.2, -0.15) is 0 Å². The second-order valence-electron chi connectivity index (χ2n) is 4.68. The second-order valence-corrected chi connectivity index (χ2v) is 19.0. The average molecular weight is 359 g/mol. The molecule has 18 heavy (non-hydrogen) atoms. The Labute approximate surface area is 136 Å². The first kappa shape index (κ1) is 20.2. The minimum atomic E-state index is -2.17. The van der Waals surface area contributed by atoms with Gasteiger partial charge in [0.2, 0.25) is 0 Å². The average Bonchev–Trinajstić information content (AvgIpc) is 2.30.